The molecule has 88 valence electrons. The maximum Gasteiger partial charge on any atom is 0.224 e. The minimum atomic E-state index is -0.394. The van der Waals surface area contributed by atoms with Crippen LogP contribution in [0.2, 0.25) is 5.28 Å². The van der Waals surface area contributed by atoms with E-state index in [0.717, 1.165) is 12.8 Å². The van der Waals surface area contributed by atoms with E-state index >= 15 is 0 Å². The summed E-state index contributed by atoms with van der Waals surface area (Å²) in [5.41, 5.74) is 0.290. The Labute approximate surface area is 99.4 Å². The van der Waals surface area contributed by atoms with E-state index in [1.165, 1.54) is 19.3 Å². The SMILES string of the molecule is Cc1nc(Cl)nc(NC2CCCCC2)c1F. The Balaban J connectivity index is 2.13. The van der Waals surface area contributed by atoms with Gasteiger partial charge < -0.3 is 5.32 Å². The normalized spacial score (nSPS) is 17.4. The van der Waals surface area contributed by atoms with Crippen molar-refractivity contribution in [1.82, 2.24) is 9.97 Å². The molecular weight excluding hydrogens is 229 g/mol. The van der Waals surface area contributed by atoms with Crippen LogP contribution in [0.1, 0.15) is 37.8 Å². The second-order valence-corrected chi connectivity index (χ2v) is 4.56. The maximum atomic E-state index is 13.7. The number of aryl methyl sites for hydroxylation is 1. The van der Waals surface area contributed by atoms with Gasteiger partial charge in [-0.25, -0.2) is 9.37 Å². The van der Waals surface area contributed by atoms with Crippen LogP contribution in [0.3, 0.4) is 0 Å². The van der Waals surface area contributed by atoms with Gasteiger partial charge in [-0.2, -0.15) is 4.98 Å². The largest absolute Gasteiger partial charge is 0.365 e. The van der Waals surface area contributed by atoms with E-state index in [1.54, 1.807) is 6.92 Å². The summed E-state index contributed by atoms with van der Waals surface area (Å²) in [5.74, 6) is -0.153. The quantitative estimate of drug-likeness (QED) is 0.810. The summed E-state index contributed by atoms with van der Waals surface area (Å²) in [6, 6.07) is 0.314. The lowest BCUT2D eigenvalue weighted by molar-refractivity contribution is 0.459. The maximum absolute atomic E-state index is 13.7. The molecule has 0 atom stereocenters. The smallest absolute Gasteiger partial charge is 0.224 e. The summed E-state index contributed by atoms with van der Waals surface area (Å²) in [6.45, 7) is 1.59. The lowest BCUT2D eigenvalue weighted by atomic mass is 9.95. The fourth-order valence-corrected chi connectivity index (χ4v) is 2.27. The van der Waals surface area contributed by atoms with Crippen molar-refractivity contribution in [3.8, 4) is 0 Å². The zero-order chi connectivity index (χ0) is 11.5. The summed E-state index contributed by atoms with van der Waals surface area (Å²) in [7, 11) is 0. The van der Waals surface area contributed by atoms with Gasteiger partial charge in [0.2, 0.25) is 5.28 Å². The summed E-state index contributed by atoms with van der Waals surface area (Å²) in [6.07, 6.45) is 5.79. The van der Waals surface area contributed by atoms with Gasteiger partial charge in [-0.05, 0) is 31.4 Å². The molecule has 5 heteroatoms. The van der Waals surface area contributed by atoms with Crippen molar-refractivity contribution < 1.29 is 4.39 Å². The van der Waals surface area contributed by atoms with Gasteiger partial charge in [0.15, 0.2) is 11.6 Å². The van der Waals surface area contributed by atoms with Crippen molar-refractivity contribution in [2.45, 2.75) is 45.1 Å². The predicted molar refractivity (Wildman–Crippen MR) is 62.2 cm³/mol. The first-order valence-electron chi connectivity index (χ1n) is 5.63. The van der Waals surface area contributed by atoms with Crippen molar-refractivity contribution in [2.75, 3.05) is 5.32 Å². The monoisotopic (exact) mass is 243 g/mol. The van der Waals surface area contributed by atoms with E-state index in [2.05, 4.69) is 15.3 Å². The fraction of sp³-hybridized carbons (Fsp3) is 0.636. The Morgan fingerprint density at radius 1 is 1.25 bits per heavy atom. The number of nitrogens with zero attached hydrogens (tertiary/aromatic N) is 2. The van der Waals surface area contributed by atoms with Crippen LogP contribution in [0.4, 0.5) is 10.2 Å². The zero-order valence-electron chi connectivity index (χ0n) is 9.26. The molecule has 0 radical (unpaired) electrons. The second-order valence-electron chi connectivity index (χ2n) is 4.22. The van der Waals surface area contributed by atoms with Crippen molar-refractivity contribution in [1.29, 1.82) is 0 Å². The van der Waals surface area contributed by atoms with E-state index in [9.17, 15) is 4.39 Å². The van der Waals surface area contributed by atoms with Crippen LogP contribution in [-0.4, -0.2) is 16.0 Å². The minimum absolute atomic E-state index is 0.0946. The molecule has 0 amide bonds. The standard InChI is InChI=1S/C11H15ClFN3/c1-7-9(13)10(16-11(12)14-7)15-8-5-3-2-4-6-8/h8H,2-6H2,1H3,(H,14,15,16). The lowest BCUT2D eigenvalue weighted by Gasteiger charge is -2.23. The molecule has 1 saturated carbocycles. The number of halogens is 2. The number of rotatable bonds is 2. The highest BCUT2D eigenvalue weighted by molar-refractivity contribution is 6.28. The fourth-order valence-electron chi connectivity index (χ4n) is 2.06. The average molecular weight is 244 g/mol. The Hall–Kier alpha value is -0.900. The number of hydrogen-bond acceptors (Lipinski definition) is 3. The molecule has 1 aliphatic rings. The highest BCUT2D eigenvalue weighted by atomic mass is 35.5. The summed E-state index contributed by atoms with van der Waals surface area (Å²) < 4.78 is 13.7. The third-order valence-corrected chi connectivity index (χ3v) is 3.10. The summed E-state index contributed by atoms with van der Waals surface area (Å²) >= 11 is 5.71. The third-order valence-electron chi connectivity index (χ3n) is 2.94. The molecule has 0 unspecified atom stereocenters. The molecule has 2 rings (SSSR count). The molecule has 0 aliphatic heterocycles. The summed E-state index contributed by atoms with van der Waals surface area (Å²) in [5, 5.41) is 3.21. The van der Waals surface area contributed by atoms with Gasteiger partial charge in [-0.15, -0.1) is 0 Å². The molecular formula is C11H15ClFN3. The Morgan fingerprint density at radius 3 is 2.62 bits per heavy atom. The molecule has 0 spiro atoms. The molecule has 0 bridgehead atoms. The Bertz CT molecular complexity index is 378. The number of anilines is 1. The molecule has 1 aromatic heterocycles. The van der Waals surface area contributed by atoms with Crippen LogP contribution >= 0.6 is 11.6 Å². The van der Waals surface area contributed by atoms with Crippen LogP contribution in [-0.2, 0) is 0 Å². The molecule has 0 saturated heterocycles. The number of hydrogen-bond donors (Lipinski definition) is 1. The highest BCUT2D eigenvalue weighted by Gasteiger charge is 2.17. The van der Waals surface area contributed by atoms with Crippen molar-refractivity contribution in [3.63, 3.8) is 0 Å². The van der Waals surface area contributed by atoms with Crippen molar-refractivity contribution in [2.24, 2.45) is 0 Å². The van der Waals surface area contributed by atoms with Gasteiger partial charge in [-0.1, -0.05) is 19.3 Å². The second kappa shape index (κ2) is 4.95. The molecule has 0 aromatic carbocycles. The third kappa shape index (κ3) is 2.61. The van der Waals surface area contributed by atoms with Gasteiger partial charge in [0.25, 0.3) is 0 Å². The molecule has 1 aromatic rings. The molecule has 1 aliphatic carbocycles. The van der Waals surface area contributed by atoms with Gasteiger partial charge in [0.1, 0.15) is 0 Å². The first kappa shape index (κ1) is 11.6. The number of nitrogens with one attached hydrogen (secondary N) is 1. The van der Waals surface area contributed by atoms with Gasteiger partial charge >= 0.3 is 0 Å². The first-order valence-corrected chi connectivity index (χ1v) is 6.01. The molecule has 1 heterocycles. The topological polar surface area (TPSA) is 37.8 Å². The summed E-state index contributed by atoms with van der Waals surface area (Å²) in [4.78, 5) is 7.66. The van der Waals surface area contributed by atoms with E-state index in [4.69, 9.17) is 11.6 Å². The highest BCUT2D eigenvalue weighted by Crippen LogP contribution is 2.23. The van der Waals surface area contributed by atoms with E-state index < -0.39 is 5.82 Å². The number of aromatic nitrogens is 2. The average Bonchev–Trinajstić information content (AvgIpc) is 2.27. The van der Waals surface area contributed by atoms with E-state index in [0.29, 0.717) is 11.7 Å². The molecule has 1 N–H and O–H groups in total. The van der Waals surface area contributed by atoms with Crippen molar-refractivity contribution >= 4 is 17.4 Å². The van der Waals surface area contributed by atoms with Gasteiger partial charge in [0, 0.05) is 6.04 Å². The molecule has 3 nitrogen and oxygen atoms in total. The van der Waals surface area contributed by atoms with E-state index in [1.807, 2.05) is 0 Å². The first-order chi connectivity index (χ1) is 7.66. The molecule has 16 heavy (non-hydrogen) atoms. The van der Waals surface area contributed by atoms with Crippen LogP contribution in [0.15, 0.2) is 0 Å². The molecule has 1 fully saturated rings. The predicted octanol–water partition coefficient (Wildman–Crippen LogP) is 3.32. The minimum Gasteiger partial charge on any atom is -0.365 e. The van der Waals surface area contributed by atoms with Crippen LogP contribution in [0, 0.1) is 12.7 Å². The Morgan fingerprint density at radius 2 is 1.94 bits per heavy atom. The van der Waals surface area contributed by atoms with E-state index in [-0.39, 0.29) is 11.1 Å². The van der Waals surface area contributed by atoms with Gasteiger partial charge in [-0.3, -0.25) is 0 Å². The van der Waals surface area contributed by atoms with Crippen LogP contribution < -0.4 is 5.32 Å². The van der Waals surface area contributed by atoms with Gasteiger partial charge in [0.05, 0.1) is 5.69 Å². The van der Waals surface area contributed by atoms with Crippen molar-refractivity contribution in [3.05, 3.63) is 16.8 Å². The zero-order valence-corrected chi connectivity index (χ0v) is 10.0. The van der Waals surface area contributed by atoms with Crippen LogP contribution in [0.25, 0.3) is 0 Å². The van der Waals surface area contributed by atoms with Crippen LogP contribution in [0.5, 0.6) is 0 Å². The Kier molecular flexibility index (Phi) is 3.59. The lowest BCUT2D eigenvalue weighted by Crippen LogP contribution is -2.24.